The number of hydrogen-bond acceptors (Lipinski definition) is 4. The minimum absolute atomic E-state index is 0.0895. The molecule has 0 aliphatic carbocycles. The summed E-state index contributed by atoms with van der Waals surface area (Å²) in [5.41, 5.74) is 0.829. The van der Waals surface area contributed by atoms with E-state index in [0.717, 1.165) is 11.1 Å². The number of benzene rings is 2. The van der Waals surface area contributed by atoms with Gasteiger partial charge in [0.1, 0.15) is 18.0 Å². The molecule has 0 saturated heterocycles. The molecule has 0 aliphatic rings. The van der Waals surface area contributed by atoms with Gasteiger partial charge in [-0.3, -0.25) is 0 Å². The maximum atomic E-state index is 11.3. The first-order chi connectivity index (χ1) is 14.7. The highest BCUT2D eigenvalue weighted by Gasteiger charge is 2.18. The number of hydrogen-bond donors (Lipinski definition) is 3. The number of ether oxygens (including phenoxy) is 1. The lowest BCUT2D eigenvalue weighted by molar-refractivity contribution is 0.0651. The Morgan fingerprint density at radius 3 is 2.32 bits per heavy atom. The highest BCUT2D eigenvalue weighted by atomic mass is 16.5. The van der Waals surface area contributed by atoms with Gasteiger partial charge in [-0.1, -0.05) is 43.9 Å². The van der Waals surface area contributed by atoms with Gasteiger partial charge in [-0.15, -0.1) is 0 Å². The van der Waals surface area contributed by atoms with Crippen LogP contribution in [0.25, 0.3) is 5.57 Å². The summed E-state index contributed by atoms with van der Waals surface area (Å²) in [4.78, 5) is 22.5. The van der Waals surface area contributed by atoms with Crippen LogP contribution in [0.3, 0.4) is 0 Å². The zero-order valence-electron chi connectivity index (χ0n) is 17.8. The number of aliphatic hydroxyl groups is 1. The zero-order valence-corrected chi connectivity index (χ0v) is 17.8. The van der Waals surface area contributed by atoms with E-state index in [2.05, 4.69) is 11.8 Å². The van der Waals surface area contributed by atoms with E-state index in [1.165, 1.54) is 18.2 Å². The van der Waals surface area contributed by atoms with Crippen molar-refractivity contribution in [2.45, 2.75) is 45.8 Å². The molecule has 6 nitrogen and oxygen atoms in total. The lowest BCUT2D eigenvalue weighted by atomic mass is 9.98. The van der Waals surface area contributed by atoms with E-state index in [9.17, 15) is 19.8 Å². The maximum absolute atomic E-state index is 11.3. The summed E-state index contributed by atoms with van der Waals surface area (Å²) in [5.74, 6) is 3.80. The van der Waals surface area contributed by atoms with Crippen LogP contribution in [0.1, 0.15) is 65.5 Å². The summed E-state index contributed by atoms with van der Waals surface area (Å²) >= 11 is 0. The minimum Gasteiger partial charge on any atom is -0.489 e. The third kappa shape index (κ3) is 6.46. The van der Waals surface area contributed by atoms with Gasteiger partial charge in [-0.05, 0) is 66.8 Å². The van der Waals surface area contributed by atoms with Crippen LogP contribution in [0.15, 0.2) is 48.5 Å². The predicted octanol–water partition coefficient (Wildman–Crippen LogP) is 4.62. The molecule has 162 valence electrons. The largest absolute Gasteiger partial charge is 0.489 e. The fourth-order valence-corrected chi connectivity index (χ4v) is 2.83. The topological polar surface area (TPSA) is 104 Å². The molecule has 0 bridgehead atoms. The SMILES string of the molecule is CCC(O)(C#CC=C(C)c1cccc(OCc2ccc(C(=O)O)c(C(=O)O)c2)c1)CC. The Labute approximate surface area is 181 Å². The molecule has 0 radical (unpaired) electrons. The molecule has 2 rings (SSSR count). The van der Waals surface area contributed by atoms with Crippen molar-refractivity contribution in [3.8, 4) is 17.6 Å². The third-order valence-corrected chi connectivity index (χ3v) is 5.00. The van der Waals surface area contributed by atoms with Gasteiger partial charge in [0.05, 0.1) is 11.1 Å². The lowest BCUT2D eigenvalue weighted by Crippen LogP contribution is -2.23. The Morgan fingerprint density at radius 2 is 1.71 bits per heavy atom. The summed E-state index contributed by atoms with van der Waals surface area (Å²) in [6, 6.07) is 11.5. The molecular weight excluding hydrogens is 396 g/mol. The van der Waals surface area contributed by atoms with Crippen LogP contribution in [0.5, 0.6) is 5.75 Å². The van der Waals surface area contributed by atoms with Crippen molar-refractivity contribution >= 4 is 17.5 Å². The zero-order chi connectivity index (χ0) is 23.0. The van der Waals surface area contributed by atoms with E-state index in [1.807, 2.05) is 39.0 Å². The second-order valence-corrected chi connectivity index (χ2v) is 7.14. The van der Waals surface area contributed by atoms with E-state index < -0.39 is 17.5 Å². The van der Waals surface area contributed by atoms with Crippen molar-refractivity contribution in [3.05, 3.63) is 70.8 Å². The quantitative estimate of drug-likeness (QED) is 0.536. The summed E-state index contributed by atoms with van der Waals surface area (Å²) in [5, 5.41) is 28.6. The second kappa shape index (κ2) is 10.5. The molecule has 2 aromatic carbocycles. The molecule has 0 spiro atoms. The van der Waals surface area contributed by atoms with Crippen LogP contribution in [0, 0.1) is 11.8 Å². The molecule has 3 N–H and O–H groups in total. The fraction of sp³-hybridized carbons (Fsp3) is 0.280. The highest BCUT2D eigenvalue weighted by molar-refractivity contribution is 6.01. The van der Waals surface area contributed by atoms with Gasteiger partial charge in [-0.2, -0.15) is 0 Å². The maximum Gasteiger partial charge on any atom is 0.336 e. The highest BCUT2D eigenvalue weighted by Crippen LogP contribution is 2.22. The first kappa shape index (κ1) is 23.7. The van der Waals surface area contributed by atoms with Gasteiger partial charge in [0, 0.05) is 0 Å². The molecular formula is C25H26O6. The minimum atomic E-state index is -1.30. The first-order valence-corrected chi connectivity index (χ1v) is 9.93. The molecule has 0 amide bonds. The van der Waals surface area contributed by atoms with Crippen molar-refractivity contribution in [2.75, 3.05) is 0 Å². The van der Waals surface area contributed by atoms with E-state index in [1.54, 1.807) is 12.1 Å². The van der Waals surface area contributed by atoms with Crippen LogP contribution in [0.4, 0.5) is 0 Å². The Bertz CT molecular complexity index is 1050. The Balaban J connectivity index is 2.16. The van der Waals surface area contributed by atoms with E-state index >= 15 is 0 Å². The smallest absolute Gasteiger partial charge is 0.336 e. The van der Waals surface area contributed by atoms with E-state index in [0.29, 0.717) is 24.2 Å². The van der Waals surface area contributed by atoms with Crippen molar-refractivity contribution < 1.29 is 29.6 Å². The lowest BCUT2D eigenvalue weighted by Gasteiger charge is -2.16. The number of allylic oxidation sites excluding steroid dienone is 2. The van der Waals surface area contributed by atoms with Crippen molar-refractivity contribution in [1.82, 2.24) is 0 Å². The van der Waals surface area contributed by atoms with Crippen molar-refractivity contribution in [3.63, 3.8) is 0 Å². The number of aromatic carboxylic acids is 2. The summed E-state index contributed by atoms with van der Waals surface area (Å²) in [7, 11) is 0. The Morgan fingerprint density at radius 1 is 1.03 bits per heavy atom. The Hall–Kier alpha value is -3.56. The predicted molar refractivity (Wildman–Crippen MR) is 118 cm³/mol. The van der Waals surface area contributed by atoms with Crippen LogP contribution < -0.4 is 4.74 Å². The summed E-state index contributed by atoms with van der Waals surface area (Å²) in [6.45, 7) is 5.79. The van der Waals surface area contributed by atoms with E-state index in [-0.39, 0.29) is 17.7 Å². The van der Waals surface area contributed by atoms with E-state index in [4.69, 9.17) is 9.84 Å². The molecule has 0 aliphatic heterocycles. The van der Waals surface area contributed by atoms with Gasteiger partial charge in [0.15, 0.2) is 0 Å². The number of rotatable bonds is 8. The van der Waals surface area contributed by atoms with Crippen LogP contribution in [0.2, 0.25) is 0 Å². The standard InChI is InChI=1S/C25H26O6/c1-4-25(30,5-2)13-7-8-17(3)19-9-6-10-20(15-19)31-16-18-11-12-21(23(26)27)22(14-18)24(28)29/h6,8-12,14-15,30H,4-5,16H2,1-3H3,(H,26,27)(H,28,29). The molecule has 0 saturated carbocycles. The molecule has 0 unspecified atom stereocenters. The Kier molecular flexibility index (Phi) is 8.00. The van der Waals surface area contributed by atoms with Crippen molar-refractivity contribution in [2.24, 2.45) is 0 Å². The number of carbonyl (C=O) groups is 2. The molecule has 31 heavy (non-hydrogen) atoms. The molecule has 0 aromatic heterocycles. The second-order valence-electron chi connectivity index (χ2n) is 7.14. The van der Waals surface area contributed by atoms with Gasteiger partial charge < -0.3 is 20.1 Å². The van der Waals surface area contributed by atoms with Crippen LogP contribution >= 0.6 is 0 Å². The fourth-order valence-electron chi connectivity index (χ4n) is 2.83. The molecule has 0 atom stereocenters. The van der Waals surface area contributed by atoms with Gasteiger partial charge >= 0.3 is 11.9 Å². The average molecular weight is 422 g/mol. The number of carboxylic acid groups (broad SMARTS) is 2. The van der Waals surface area contributed by atoms with Gasteiger partial charge in [0.2, 0.25) is 0 Å². The van der Waals surface area contributed by atoms with Gasteiger partial charge in [0.25, 0.3) is 0 Å². The average Bonchev–Trinajstić information content (AvgIpc) is 2.77. The molecule has 6 heteroatoms. The summed E-state index contributed by atoms with van der Waals surface area (Å²) in [6.07, 6.45) is 2.87. The number of carboxylic acids is 2. The monoisotopic (exact) mass is 422 g/mol. The normalized spacial score (nSPS) is 11.4. The van der Waals surface area contributed by atoms with Crippen LogP contribution in [-0.2, 0) is 6.61 Å². The summed E-state index contributed by atoms with van der Waals surface area (Å²) < 4.78 is 5.77. The third-order valence-electron chi connectivity index (χ3n) is 5.00. The molecule has 0 heterocycles. The van der Waals surface area contributed by atoms with Crippen molar-refractivity contribution in [1.29, 1.82) is 0 Å². The molecule has 0 fully saturated rings. The molecule has 2 aromatic rings. The van der Waals surface area contributed by atoms with Crippen LogP contribution in [-0.4, -0.2) is 32.9 Å². The first-order valence-electron chi connectivity index (χ1n) is 9.93. The van der Waals surface area contributed by atoms with Gasteiger partial charge in [-0.25, -0.2) is 9.59 Å².